The van der Waals surface area contributed by atoms with E-state index in [1.54, 1.807) is 32.9 Å². The first-order valence-electron chi connectivity index (χ1n) is 12.0. The monoisotopic (exact) mass is 480 g/mol. The molecule has 1 saturated heterocycles. The molecule has 4 rings (SSSR count). The van der Waals surface area contributed by atoms with E-state index in [-0.39, 0.29) is 24.4 Å². The molecule has 0 aromatic heterocycles. The van der Waals surface area contributed by atoms with Crippen LogP contribution in [0.15, 0.2) is 60.7 Å². The molecule has 2 aliphatic heterocycles. The maximum absolute atomic E-state index is 13.7. The van der Waals surface area contributed by atoms with E-state index < -0.39 is 23.8 Å². The van der Waals surface area contributed by atoms with E-state index in [1.165, 1.54) is 17.7 Å². The lowest BCUT2D eigenvalue weighted by Gasteiger charge is -2.41. The van der Waals surface area contributed by atoms with Crippen molar-refractivity contribution in [3.63, 3.8) is 0 Å². The minimum absolute atomic E-state index is 0.0940. The molecule has 7 heteroatoms. The second kappa shape index (κ2) is 10.2. The van der Waals surface area contributed by atoms with E-state index in [9.17, 15) is 14.0 Å². The van der Waals surface area contributed by atoms with Crippen LogP contribution < -0.4 is 5.32 Å². The van der Waals surface area contributed by atoms with E-state index in [2.05, 4.69) is 24.0 Å². The molecule has 1 N–H and O–H groups in total. The third-order valence-electron chi connectivity index (χ3n) is 6.41. The smallest absolute Gasteiger partial charge is 0.408 e. The fourth-order valence-corrected chi connectivity index (χ4v) is 4.69. The third kappa shape index (κ3) is 6.09. The molecule has 2 aromatic carbocycles. The van der Waals surface area contributed by atoms with Gasteiger partial charge in [0.2, 0.25) is 0 Å². The lowest BCUT2D eigenvalue weighted by Crippen LogP contribution is -2.51. The quantitative estimate of drug-likeness (QED) is 0.643. The van der Waals surface area contributed by atoms with Crippen LogP contribution in [0.1, 0.15) is 49.9 Å². The molecule has 1 fully saturated rings. The zero-order chi connectivity index (χ0) is 25.2. The van der Waals surface area contributed by atoms with Crippen LogP contribution in [0, 0.1) is 5.82 Å². The van der Waals surface area contributed by atoms with Gasteiger partial charge in [-0.05, 0) is 68.0 Å². The summed E-state index contributed by atoms with van der Waals surface area (Å²) in [4.78, 5) is 27.7. The number of carbonyl (C=O) groups is 2. The minimum atomic E-state index is -0.667. The predicted octanol–water partition coefficient (Wildman–Crippen LogP) is 4.73. The van der Waals surface area contributed by atoms with Crippen molar-refractivity contribution < 1.29 is 23.5 Å². The predicted molar refractivity (Wildman–Crippen MR) is 131 cm³/mol. The first-order chi connectivity index (χ1) is 16.6. The largest absolute Gasteiger partial charge is 0.444 e. The number of amides is 2. The molecule has 186 valence electrons. The fourth-order valence-electron chi connectivity index (χ4n) is 4.69. The van der Waals surface area contributed by atoms with Gasteiger partial charge in [-0.3, -0.25) is 4.79 Å². The topological polar surface area (TPSA) is 67.9 Å². The average Bonchev–Trinajstić information content (AvgIpc) is 2.80. The summed E-state index contributed by atoms with van der Waals surface area (Å²) in [7, 11) is 0. The number of carbonyl (C=O) groups excluding carboxylic acids is 2. The molecular weight excluding hydrogens is 447 g/mol. The summed E-state index contributed by atoms with van der Waals surface area (Å²) in [5, 5.41) is 2.78. The molecule has 2 amide bonds. The number of nitrogens with one attached hydrogen (secondary N) is 1. The van der Waals surface area contributed by atoms with Gasteiger partial charge in [-0.15, -0.1) is 0 Å². The minimum Gasteiger partial charge on any atom is -0.444 e. The Bertz CT molecular complexity index is 1090. The first-order valence-corrected chi connectivity index (χ1v) is 12.0. The highest BCUT2D eigenvalue weighted by Crippen LogP contribution is 2.34. The third-order valence-corrected chi connectivity index (χ3v) is 6.41. The first kappa shape index (κ1) is 24.9. The molecule has 6 nitrogen and oxygen atoms in total. The number of nitrogens with zero attached hydrogens (tertiary/aromatic N) is 1. The second-order valence-electron chi connectivity index (χ2n) is 10.2. The Morgan fingerprint density at radius 3 is 2.57 bits per heavy atom. The van der Waals surface area contributed by atoms with E-state index >= 15 is 0 Å². The van der Waals surface area contributed by atoms with Crippen molar-refractivity contribution in [2.75, 3.05) is 13.2 Å². The molecule has 0 radical (unpaired) electrons. The molecule has 0 spiro atoms. The van der Waals surface area contributed by atoms with Crippen LogP contribution in [0.2, 0.25) is 0 Å². The van der Waals surface area contributed by atoms with Crippen LogP contribution in [0.4, 0.5) is 9.18 Å². The summed E-state index contributed by atoms with van der Waals surface area (Å²) in [6, 6.07) is 14.0. The number of hydrogen-bond donors (Lipinski definition) is 1. The summed E-state index contributed by atoms with van der Waals surface area (Å²) in [6.45, 7) is 10.2. The van der Waals surface area contributed by atoms with Crippen molar-refractivity contribution in [1.82, 2.24) is 10.2 Å². The molecule has 35 heavy (non-hydrogen) atoms. The Balaban J connectivity index is 1.47. The summed E-state index contributed by atoms with van der Waals surface area (Å²) >= 11 is 0. The van der Waals surface area contributed by atoms with Crippen LogP contribution >= 0.6 is 0 Å². The lowest BCUT2D eigenvalue weighted by molar-refractivity contribution is -0.148. The van der Waals surface area contributed by atoms with Crippen molar-refractivity contribution in [3.05, 3.63) is 83.2 Å². The molecule has 2 aliphatic rings. The number of rotatable bonds is 4. The number of alkyl carbamates (subject to hydrolysis) is 1. The Kier molecular flexibility index (Phi) is 7.26. The van der Waals surface area contributed by atoms with Crippen LogP contribution in [-0.2, 0) is 27.1 Å². The van der Waals surface area contributed by atoms with E-state index in [0.29, 0.717) is 19.4 Å². The highest BCUT2D eigenvalue weighted by molar-refractivity contribution is 5.82. The molecular formula is C28H33FN2O4. The fraction of sp³-hybridized carbons (Fsp3) is 0.429. The van der Waals surface area contributed by atoms with Crippen molar-refractivity contribution in [2.24, 2.45) is 0 Å². The van der Waals surface area contributed by atoms with Crippen molar-refractivity contribution in [1.29, 1.82) is 0 Å². The summed E-state index contributed by atoms with van der Waals surface area (Å²) in [6.07, 6.45) is 0.461. The van der Waals surface area contributed by atoms with Gasteiger partial charge in [0.15, 0.2) is 0 Å². The molecule has 0 unspecified atom stereocenters. The van der Waals surface area contributed by atoms with Crippen molar-refractivity contribution in [3.8, 4) is 0 Å². The van der Waals surface area contributed by atoms with Gasteiger partial charge >= 0.3 is 6.09 Å². The average molecular weight is 481 g/mol. The summed E-state index contributed by atoms with van der Waals surface area (Å²) in [5.41, 5.74) is 3.41. The van der Waals surface area contributed by atoms with Crippen molar-refractivity contribution >= 4 is 12.0 Å². The van der Waals surface area contributed by atoms with Gasteiger partial charge in [-0.25, -0.2) is 9.18 Å². The van der Waals surface area contributed by atoms with Crippen LogP contribution in [0.5, 0.6) is 0 Å². The number of halogens is 1. The van der Waals surface area contributed by atoms with Gasteiger partial charge in [0.05, 0.1) is 18.7 Å². The van der Waals surface area contributed by atoms with Crippen molar-refractivity contribution in [2.45, 2.75) is 63.8 Å². The summed E-state index contributed by atoms with van der Waals surface area (Å²) < 4.78 is 24.7. The van der Waals surface area contributed by atoms with Gasteiger partial charge in [0, 0.05) is 13.0 Å². The number of benzene rings is 2. The van der Waals surface area contributed by atoms with Crippen LogP contribution in [0.3, 0.4) is 0 Å². The standard InChI is InChI=1S/C28H33FN2O4/c1-18-15-25(34-17-23(18)30-27(33)35-28(2,3)4)26(32)31-14-13-20-7-5-6-8-22(20)24(31)16-19-9-11-21(29)12-10-19/h5-12,23-25H,1,13-17H2,2-4H3,(H,30,33)/t23-,24-,25-/m0/s1. The van der Waals surface area contributed by atoms with E-state index in [0.717, 1.165) is 23.1 Å². The highest BCUT2D eigenvalue weighted by atomic mass is 19.1. The van der Waals surface area contributed by atoms with Gasteiger partial charge in [-0.2, -0.15) is 0 Å². The van der Waals surface area contributed by atoms with E-state index in [1.807, 2.05) is 17.0 Å². The molecule has 0 aliphatic carbocycles. The van der Waals surface area contributed by atoms with Gasteiger partial charge in [0.1, 0.15) is 17.5 Å². The zero-order valence-corrected chi connectivity index (χ0v) is 20.6. The molecule has 3 atom stereocenters. The van der Waals surface area contributed by atoms with E-state index in [4.69, 9.17) is 9.47 Å². The number of ether oxygens (including phenoxy) is 2. The lowest BCUT2D eigenvalue weighted by atomic mass is 9.87. The molecule has 0 bridgehead atoms. The van der Waals surface area contributed by atoms with Gasteiger partial charge < -0.3 is 19.7 Å². The normalized spacial score (nSPS) is 22.3. The summed E-state index contributed by atoms with van der Waals surface area (Å²) in [5.74, 6) is -0.377. The highest BCUT2D eigenvalue weighted by Gasteiger charge is 2.38. The number of fused-ring (bicyclic) bond motifs is 1. The second-order valence-corrected chi connectivity index (χ2v) is 10.2. The molecule has 0 saturated carbocycles. The Labute approximate surface area is 206 Å². The maximum Gasteiger partial charge on any atom is 0.408 e. The Morgan fingerprint density at radius 1 is 1.17 bits per heavy atom. The van der Waals surface area contributed by atoms with Crippen LogP contribution in [-0.4, -0.2) is 47.8 Å². The SMILES string of the molecule is C=C1C[C@@H](C(=O)N2CCc3ccccc3[C@@H]2Cc2ccc(F)cc2)OC[C@@H]1NC(=O)OC(C)(C)C. The molecule has 2 aromatic rings. The number of hydrogen-bond acceptors (Lipinski definition) is 4. The Hall–Kier alpha value is -3.19. The molecule has 2 heterocycles. The van der Waals surface area contributed by atoms with Gasteiger partial charge in [0.25, 0.3) is 5.91 Å². The van der Waals surface area contributed by atoms with Crippen LogP contribution in [0.25, 0.3) is 0 Å². The van der Waals surface area contributed by atoms with Gasteiger partial charge in [-0.1, -0.05) is 43.0 Å². The Morgan fingerprint density at radius 2 is 1.89 bits per heavy atom. The maximum atomic E-state index is 13.7. The zero-order valence-electron chi connectivity index (χ0n) is 20.6.